The van der Waals surface area contributed by atoms with Crippen molar-refractivity contribution in [3.63, 3.8) is 0 Å². The Kier molecular flexibility index (Phi) is 4.85. The van der Waals surface area contributed by atoms with Crippen molar-refractivity contribution in [2.24, 2.45) is 11.8 Å². The zero-order chi connectivity index (χ0) is 13.9. The van der Waals surface area contributed by atoms with E-state index in [0.29, 0.717) is 5.92 Å². The van der Waals surface area contributed by atoms with Crippen LogP contribution in [-0.4, -0.2) is 37.2 Å². The molecule has 2 heterocycles. The third kappa shape index (κ3) is 3.29. The summed E-state index contributed by atoms with van der Waals surface area (Å²) >= 11 is 0. The van der Waals surface area contributed by atoms with Gasteiger partial charge in [-0.2, -0.15) is 0 Å². The molecule has 0 bridgehead atoms. The van der Waals surface area contributed by atoms with Gasteiger partial charge in [-0.05, 0) is 44.7 Å². The lowest BCUT2D eigenvalue weighted by atomic mass is 9.84. The molecule has 0 aromatic carbocycles. The van der Waals surface area contributed by atoms with E-state index < -0.39 is 0 Å². The fraction of sp³-hybridized carbons (Fsp3) is 0.933. The zero-order valence-corrected chi connectivity index (χ0v) is 12.5. The van der Waals surface area contributed by atoms with Crippen LogP contribution in [-0.2, 0) is 9.53 Å². The Morgan fingerprint density at radius 3 is 2.63 bits per heavy atom. The first-order valence-corrected chi connectivity index (χ1v) is 7.75. The third-order valence-electron chi connectivity index (χ3n) is 5.06. The summed E-state index contributed by atoms with van der Waals surface area (Å²) in [6.07, 6.45) is 3.96. The lowest BCUT2D eigenvalue weighted by Crippen LogP contribution is -2.53. The van der Waals surface area contributed by atoms with E-state index in [0.717, 1.165) is 45.4 Å². The van der Waals surface area contributed by atoms with E-state index in [2.05, 4.69) is 24.5 Å². The molecule has 4 nitrogen and oxygen atoms in total. The summed E-state index contributed by atoms with van der Waals surface area (Å²) < 4.78 is 5.95. The van der Waals surface area contributed by atoms with Gasteiger partial charge in [0.15, 0.2) is 0 Å². The monoisotopic (exact) mass is 268 g/mol. The Balaban J connectivity index is 1.86. The lowest BCUT2D eigenvalue weighted by molar-refractivity contribution is -0.131. The number of ether oxygens (including phenoxy) is 1. The minimum atomic E-state index is -0.0164. The quantitative estimate of drug-likeness (QED) is 0.798. The molecule has 19 heavy (non-hydrogen) atoms. The summed E-state index contributed by atoms with van der Waals surface area (Å²) in [6, 6.07) is 0.289. The van der Waals surface area contributed by atoms with E-state index in [1.807, 2.05) is 6.92 Å². The zero-order valence-electron chi connectivity index (χ0n) is 12.5. The molecule has 1 amide bonds. The average molecular weight is 268 g/mol. The van der Waals surface area contributed by atoms with Gasteiger partial charge in [0.1, 0.15) is 0 Å². The van der Waals surface area contributed by atoms with Crippen molar-refractivity contribution < 1.29 is 9.53 Å². The fourth-order valence-electron chi connectivity index (χ4n) is 3.10. The van der Waals surface area contributed by atoms with Crippen LogP contribution in [0.25, 0.3) is 0 Å². The van der Waals surface area contributed by atoms with E-state index in [1.165, 1.54) is 0 Å². The molecule has 4 heteroatoms. The van der Waals surface area contributed by atoms with E-state index in [4.69, 9.17) is 4.74 Å². The summed E-state index contributed by atoms with van der Waals surface area (Å²) in [4.78, 5) is 12.3. The van der Waals surface area contributed by atoms with E-state index in [-0.39, 0.29) is 23.5 Å². The molecule has 2 atom stereocenters. The standard InChI is InChI=1S/C15H28N2O2/c1-4-15(5-2)8-13(6-7-19-15)17-14(18)11(3)12-9-16-10-12/h11-13,16H,4-10H2,1-3H3,(H,17,18). The van der Waals surface area contributed by atoms with Gasteiger partial charge in [-0.1, -0.05) is 20.8 Å². The summed E-state index contributed by atoms with van der Waals surface area (Å²) in [5.74, 6) is 0.864. The second-order valence-corrected chi connectivity index (χ2v) is 6.14. The van der Waals surface area contributed by atoms with Crippen molar-refractivity contribution in [2.75, 3.05) is 19.7 Å². The van der Waals surface area contributed by atoms with Crippen molar-refractivity contribution >= 4 is 5.91 Å². The van der Waals surface area contributed by atoms with Gasteiger partial charge >= 0.3 is 0 Å². The number of carbonyl (C=O) groups excluding carboxylic acids is 1. The molecule has 2 fully saturated rings. The van der Waals surface area contributed by atoms with Gasteiger partial charge in [-0.25, -0.2) is 0 Å². The van der Waals surface area contributed by atoms with Crippen LogP contribution in [0.1, 0.15) is 46.5 Å². The first-order valence-electron chi connectivity index (χ1n) is 7.75. The van der Waals surface area contributed by atoms with Crippen LogP contribution in [0, 0.1) is 11.8 Å². The van der Waals surface area contributed by atoms with Crippen LogP contribution in [0.3, 0.4) is 0 Å². The van der Waals surface area contributed by atoms with E-state index in [9.17, 15) is 4.79 Å². The van der Waals surface area contributed by atoms with Crippen molar-refractivity contribution in [2.45, 2.75) is 58.1 Å². The maximum atomic E-state index is 12.3. The molecule has 2 aliphatic heterocycles. The molecule has 110 valence electrons. The highest BCUT2D eigenvalue weighted by atomic mass is 16.5. The number of rotatable bonds is 5. The van der Waals surface area contributed by atoms with Crippen molar-refractivity contribution in [1.82, 2.24) is 10.6 Å². The average Bonchev–Trinajstić information content (AvgIpc) is 2.36. The molecule has 0 spiro atoms. The molecule has 2 rings (SSSR count). The molecular weight excluding hydrogens is 240 g/mol. The minimum Gasteiger partial charge on any atom is -0.375 e. The first-order chi connectivity index (χ1) is 9.10. The maximum absolute atomic E-state index is 12.3. The van der Waals surface area contributed by atoms with Crippen molar-refractivity contribution in [3.8, 4) is 0 Å². The van der Waals surface area contributed by atoms with Gasteiger partial charge in [0.2, 0.25) is 5.91 Å². The number of hydrogen-bond donors (Lipinski definition) is 2. The number of hydrogen-bond acceptors (Lipinski definition) is 3. The smallest absolute Gasteiger partial charge is 0.223 e. The van der Waals surface area contributed by atoms with Gasteiger partial charge in [0.05, 0.1) is 5.60 Å². The molecule has 0 radical (unpaired) electrons. The normalized spacial score (nSPS) is 28.5. The SMILES string of the molecule is CCC1(CC)CC(NC(=O)C(C)C2CNC2)CCO1. The summed E-state index contributed by atoms with van der Waals surface area (Å²) in [6.45, 7) is 9.14. The topological polar surface area (TPSA) is 50.4 Å². The van der Waals surface area contributed by atoms with Gasteiger partial charge in [0.25, 0.3) is 0 Å². The molecule has 0 aliphatic carbocycles. The third-order valence-corrected chi connectivity index (χ3v) is 5.06. The highest BCUT2D eigenvalue weighted by molar-refractivity contribution is 5.79. The molecule has 2 saturated heterocycles. The van der Waals surface area contributed by atoms with Crippen molar-refractivity contribution in [3.05, 3.63) is 0 Å². The Hall–Kier alpha value is -0.610. The van der Waals surface area contributed by atoms with Crippen LogP contribution in [0.15, 0.2) is 0 Å². The molecule has 0 aromatic rings. The van der Waals surface area contributed by atoms with Gasteiger partial charge in [-0.15, -0.1) is 0 Å². The summed E-state index contributed by atoms with van der Waals surface area (Å²) in [5.41, 5.74) is -0.0164. The van der Waals surface area contributed by atoms with Crippen LogP contribution in [0.2, 0.25) is 0 Å². The minimum absolute atomic E-state index is 0.0164. The van der Waals surface area contributed by atoms with Gasteiger partial charge in [0, 0.05) is 18.6 Å². The summed E-state index contributed by atoms with van der Waals surface area (Å²) in [7, 11) is 0. The van der Waals surface area contributed by atoms with Gasteiger partial charge < -0.3 is 15.4 Å². The molecule has 0 aromatic heterocycles. The van der Waals surface area contributed by atoms with Crippen LogP contribution in [0.4, 0.5) is 0 Å². The van der Waals surface area contributed by atoms with E-state index >= 15 is 0 Å². The Labute approximate surface area is 116 Å². The van der Waals surface area contributed by atoms with Crippen molar-refractivity contribution in [1.29, 1.82) is 0 Å². The molecule has 0 saturated carbocycles. The number of nitrogens with one attached hydrogen (secondary N) is 2. The largest absolute Gasteiger partial charge is 0.375 e. The molecular formula is C15H28N2O2. The van der Waals surface area contributed by atoms with Gasteiger partial charge in [-0.3, -0.25) is 4.79 Å². The first kappa shape index (κ1) is 14.8. The second-order valence-electron chi connectivity index (χ2n) is 6.14. The van der Waals surface area contributed by atoms with Crippen LogP contribution >= 0.6 is 0 Å². The number of amides is 1. The van der Waals surface area contributed by atoms with E-state index in [1.54, 1.807) is 0 Å². The molecule has 2 unspecified atom stereocenters. The van der Waals surface area contributed by atoms with Crippen LogP contribution in [0.5, 0.6) is 0 Å². The predicted octanol–water partition coefficient (Wildman–Crippen LogP) is 1.70. The fourth-order valence-corrected chi connectivity index (χ4v) is 3.10. The molecule has 2 N–H and O–H groups in total. The highest BCUT2D eigenvalue weighted by Crippen LogP contribution is 2.31. The maximum Gasteiger partial charge on any atom is 0.223 e. The number of carbonyl (C=O) groups is 1. The highest BCUT2D eigenvalue weighted by Gasteiger charge is 2.36. The molecule has 2 aliphatic rings. The Morgan fingerprint density at radius 2 is 2.11 bits per heavy atom. The Morgan fingerprint density at radius 1 is 1.42 bits per heavy atom. The van der Waals surface area contributed by atoms with Crippen LogP contribution < -0.4 is 10.6 Å². The second kappa shape index (κ2) is 6.23. The Bertz CT molecular complexity index is 311. The summed E-state index contributed by atoms with van der Waals surface area (Å²) in [5, 5.41) is 6.48. The lowest BCUT2D eigenvalue weighted by Gasteiger charge is -2.41. The predicted molar refractivity (Wildman–Crippen MR) is 76.0 cm³/mol.